The van der Waals surface area contributed by atoms with Gasteiger partial charge in [-0.05, 0) is 20.3 Å². The van der Waals surface area contributed by atoms with E-state index in [1.807, 2.05) is 13.8 Å². The van der Waals surface area contributed by atoms with Crippen LogP contribution in [0.15, 0.2) is 4.79 Å². The van der Waals surface area contributed by atoms with E-state index in [-0.39, 0.29) is 17.5 Å². The molecule has 0 unspecified atom stereocenters. The highest BCUT2D eigenvalue weighted by Gasteiger charge is 2.27. The number of halogens is 1. The third-order valence-corrected chi connectivity index (χ3v) is 5.04. The smallest absolute Gasteiger partial charge is 0.345 e. The summed E-state index contributed by atoms with van der Waals surface area (Å²) in [7, 11) is 1.63. The highest BCUT2D eigenvalue weighted by atomic mass is 35.5. The Bertz CT molecular complexity index is 834. The first-order chi connectivity index (χ1) is 11.4. The quantitative estimate of drug-likeness (QED) is 0.864. The highest BCUT2D eigenvalue weighted by molar-refractivity contribution is 6.31. The second-order valence-corrected chi connectivity index (χ2v) is 6.55. The number of rotatable bonds is 4. The van der Waals surface area contributed by atoms with Gasteiger partial charge < -0.3 is 5.32 Å². The van der Waals surface area contributed by atoms with Crippen LogP contribution in [0.2, 0.25) is 5.02 Å². The summed E-state index contributed by atoms with van der Waals surface area (Å²) in [6, 6.07) is 0. The van der Waals surface area contributed by atoms with Gasteiger partial charge in [0.25, 0.3) is 0 Å². The second kappa shape index (κ2) is 6.43. The van der Waals surface area contributed by atoms with Gasteiger partial charge in [0.05, 0.1) is 28.9 Å². The molecule has 130 valence electrons. The first-order valence-corrected chi connectivity index (χ1v) is 8.36. The number of hydrogen-bond donors (Lipinski definition) is 1. The van der Waals surface area contributed by atoms with E-state index in [9.17, 15) is 9.59 Å². The molecule has 0 aromatic carbocycles. The van der Waals surface area contributed by atoms with Crippen molar-refractivity contribution in [3.8, 4) is 0 Å². The Kier molecular flexibility index (Phi) is 4.49. The van der Waals surface area contributed by atoms with Crippen molar-refractivity contribution in [2.45, 2.75) is 39.8 Å². The molecule has 0 saturated carbocycles. The van der Waals surface area contributed by atoms with Crippen molar-refractivity contribution in [1.29, 1.82) is 0 Å². The molecular weight excluding hydrogens is 332 g/mol. The first-order valence-electron chi connectivity index (χ1n) is 7.98. The summed E-state index contributed by atoms with van der Waals surface area (Å²) < 4.78 is 4.71. The average Bonchev–Trinajstić information content (AvgIpc) is 2.98. The molecule has 0 radical (unpaired) electrons. The van der Waals surface area contributed by atoms with Crippen LogP contribution in [0.4, 0.5) is 0 Å². The second-order valence-electron chi connectivity index (χ2n) is 6.17. The van der Waals surface area contributed by atoms with E-state index in [1.54, 1.807) is 16.3 Å². The molecule has 9 heteroatoms. The summed E-state index contributed by atoms with van der Waals surface area (Å²) in [4.78, 5) is 24.3. The lowest BCUT2D eigenvalue weighted by atomic mass is 9.98. The zero-order valence-electron chi connectivity index (χ0n) is 14.0. The number of hydrogen-bond acceptors (Lipinski definition) is 4. The van der Waals surface area contributed by atoms with E-state index < -0.39 is 0 Å². The number of aromatic nitrogens is 5. The van der Waals surface area contributed by atoms with Gasteiger partial charge in [-0.3, -0.25) is 14.0 Å². The molecule has 2 aromatic heterocycles. The van der Waals surface area contributed by atoms with E-state index in [0.717, 1.165) is 17.2 Å². The van der Waals surface area contributed by atoms with Gasteiger partial charge in [0, 0.05) is 26.6 Å². The molecule has 1 N–H and O–H groups in total. The summed E-state index contributed by atoms with van der Waals surface area (Å²) in [5, 5.41) is 12.1. The Morgan fingerprint density at radius 1 is 1.38 bits per heavy atom. The van der Waals surface area contributed by atoms with E-state index in [1.165, 1.54) is 4.68 Å². The summed E-state index contributed by atoms with van der Waals surface area (Å²) in [5.41, 5.74) is 1.52. The molecule has 0 saturated heterocycles. The largest absolute Gasteiger partial charge is 0.354 e. The Morgan fingerprint density at radius 3 is 2.79 bits per heavy atom. The molecule has 8 nitrogen and oxygen atoms in total. The van der Waals surface area contributed by atoms with Crippen LogP contribution in [-0.4, -0.2) is 36.6 Å². The van der Waals surface area contributed by atoms with Crippen LogP contribution < -0.4 is 11.0 Å². The Morgan fingerprint density at radius 2 is 2.12 bits per heavy atom. The van der Waals surface area contributed by atoms with Gasteiger partial charge in [-0.15, -0.1) is 0 Å². The number of amides is 1. The average molecular weight is 353 g/mol. The van der Waals surface area contributed by atoms with Gasteiger partial charge >= 0.3 is 5.69 Å². The molecule has 0 bridgehead atoms. The number of nitrogens with one attached hydrogen (secondary N) is 1. The molecule has 1 aliphatic heterocycles. The molecule has 3 heterocycles. The number of carbonyl (C=O) groups is 1. The lowest BCUT2D eigenvalue weighted by Gasteiger charge is -2.21. The van der Waals surface area contributed by atoms with Crippen LogP contribution in [-0.2, 0) is 31.4 Å². The van der Waals surface area contributed by atoms with Gasteiger partial charge in [0.2, 0.25) is 5.91 Å². The van der Waals surface area contributed by atoms with Crippen molar-refractivity contribution in [1.82, 2.24) is 29.4 Å². The minimum atomic E-state index is -0.205. The van der Waals surface area contributed by atoms with Crippen LogP contribution in [0.3, 0.4) is 0 Å². The minimum Gasteiger partial charge on any atom is -0.354 e. The molecule has 1 amide bonds. The topological polar surface area (TPSA) is 86.7 Å². The van der Waals surface area contributed by atoms with Gasteiger partial charge in [0.1, 0.15) is 5.82 Å². The molecule has 24 heavy (non-hydrogen) atoms. The summed E-state index contributed by atoms with van der Waals surface area (Å²) >= 11 is 6.12. The van der Waals surface area contributed by atoms with Crippen LogP contribution in [0.25, 0.3) is 0 Å². The molecule has 1 aliphatic rings. The Labute approximate surface area is 144 Å². The van der Waals surface area contributed by atoms with Gasteiger partial charge in [-0.2, -0.15) is 10.2 Å². The maximum Gasteiger partial charge on any atom is 0.345 e. The van der Waals surface area contributed by atoms with E-state index >= 15 is 0 Å². The number of aryl methyl sites for hydroxylation is 3. The van der Waals surface area contributed by atoms with Crippen molar-refractivity contribution in [3.05, 3.63) is 32.7 Å². The van der Waals surface area contributed by atoms with Crippen molar-refractivity contribution < 1.29 is 4.79 Å². The molecule has 2 aromatic rings. The third kappa shape index (κ3) is 2.98. The fourth-order valence-corrected chi connectivity index (χ4v) is 3.21. The summed E-state index contributed by atoms with van der Waals surface area (Å²) in [6.07, 6.45) is 1.34. The monoisotopic (exact) mass is 352 g/mol. The first kappa shape index (κ1) is 16.8. The number of nitrogens with zero attached hydrogens (tertiary/aromatic N) is 5. The maximum absolute atomic E-state index is 12.4. The lowest BCUT2D eigenvalue weighted by Crippen LogP contribution is -2.39. The minimum absolute atomic E-state index is 0.0379. The standard InChI is InChI=1S/C15H21ClN6O2/c1-9-13(16)10(2)22(18-9)7-6-17-14(23)11-4-5-12-19-20(3)15(24)21(12)8-11/h11H,4-8H2,1-3H3,(H,17,23)/t11-/m1/s1. The van der Waals surface area contributed by atoms with Crippen molar-refractivity contribution >= 4 is 17.5 Å². The molecule has 1 atom stereocenters. The van der Waals surface area contributed by atoms with E-state index in [0.29, 0.717) is 37.5 Å². The highest BCUT2D eigenvalue weighted by Crippen LogP contribution is 2.19. The van der Waals surface area contributed by atoms with Gasteiger partial charge in [-0.1, -0.05) is 11.6 Å². The predicted octanol–water partition coefficient (Wildman–Crippen LogP) is 0.427. The maximum atomic E-state index is 12.4. The predicted molar refractivity (Wildman–Crippen MR) is 89.0 cm³/mol. The molecule has 0 aliphatic carbocycles. The Hall–Kier alpha value is -2.09. The zero-order valence-corrected chi connectivity index (χ0v) is 14.8. The van der Waals surface area contributed by atoms with Gasteiger partial charge in [0.15, 0.2) is 0 Å². The lowest BCUT2D eigenvalue weighted by molar-refractivity contribution is -0.126. The summed E-state index contributed by atoms with van der Waals surface area (Å²) in [5.74, 6) is 0.510. The van der Waals surface area contributed by atoms with Crippen molar-refractivity contribution in [2.24, 2.45) is 13.0 Å². The van der Waals surface area contributed by atoms with E-state index in [4.69, 9.17) is 11.6 Å². The number of carbonyl (C=O) groups excluding carboxylic acids is 1. The molecule has 0 spiro atoms. The molecular formula is C15H21ClN6O2. The van der Waals surface area contributed by atoms with E-state index in [2.05, 4.69) is 15.5 Å². The molecule has 3 rings (SSSR count). The number of fused-ring (bicyclic) bond motifs is 1. The summed E-state index contributed by atoms with van der Waals surface area (Å²) in [6.45, 7) is 5.19. The Balaban J connectivity index is 1.57. The van der Waals surface area contributed by atoms with Crippen LogP contribution >= 0.6 is 11.6 Å². The van der Waals surface area contributed by atoms with Gasteiger partial charge in [-0.25, -0.2) is 9.48 Å². The molecule has 0 fully saturated rings. The third-order valence-electron chi connectivity index (χ3n) is 4.49. The fraction of sp³-hybridized carbons (Fsp3) is 0.600. The van der Waals surface area contributed by atoms with Crippen molar-refractivity contribution in [3.63, 3.8) is 0 Å². The van der Waals surface area contributed by atoms with Crippen LogP contribution in [0, 0.1) is 19.8 Å². The zero-order chi connectivity index (χ0) is 17.4. The van der Waals surface area contributed by atoms with Crippen molar-refractivity contribution in [2.75, 3.05) is 6.54 Å². The SMILES string of the molecule is Cc1nn(CCNC(=O)[C@@H]2CCc3nn(C)c(=O)n3C2)c(C)c1Cl. The normalized spacial score (nSPS) is 16.9. The van der Waals surface area contributed by atoms with Crippen LogP contribution in [0.1, 0.15) is 23.6 Å². The van der Waals surface area contributed by atoms with Crippen LogP contribution in [0.5, 0.6) is 0 Å². The fourth-order valence-electron chi connectivity index (χ4n) is 3.07.